The highest BCUT2D eigenvalue weighted by Crippen LogP contribution is 2.32. The molecule has 0 saturated carbocycles. The molecule has 78 valence electrons. The first kappa shape index (κ1) is 12.6. The topological polar surface area (TPSA) is 0 Å². The van der Waals surface area contributed by atoms with E-state index >= 15 is 0 Å². The highest BCUT2D eigenvalue weighted by atomic mass is 79.9. The summed E-state index contributed by atoms with van der Waals surface area (Å²) in [5, 5.41) is 0. The molecule has 1 aromatic carbocycles. The van der Waals surface area contributed by atoms with E-state index in [0.717, 1.165) is 11.1 Å². The zero-order valence-electron chi connectivity index (χ0n) is 7.25. The van der Waals surface area contributed by atoms with Crippen LogP contribution in [0.1, 0.15) is 11.1 Å². The summed E-state index contributed by atoms with van der Waals surface area (Å²) in [6.07, 6.45) is 0.266. The molecule has 1 rings (SSSR count). The fraction of sp³-hybridized carbons (Fsp3) is 0.333. The lowest BCUT2D eigenvalue weighted by Crippen LogP contribution is -2.08. The Labute approximate surface area is 105 Å². The Balaban J connectivity index is 3.04. The molecule has 0 N–H and O–H groups in total. The smallest absolute Gasteiger partial charge is 0.194 e. The standard InChI is InChI=1S/C9H7BrCl3F/c1-5-2-8(14)7(10)3-6(5)4-9(11,12)13/h2-3H,4H2,1H3. The molecule has 0 radical (unpaired) electrons. The van der Waals surface area contributed by atoms with Gasteiger partial charge in [-0.05, 0) is 46.1 Å². The number of halogens is 5. The van der Waals surface area contributed by atoms with E-state index in [4.69, 9.17) is 34.8 Å². The molecule has 0 nitrogen and oxygen atoms in total. The largest absolute Gasteiger partial charge is 0.206 e. The third-order valence-corrected chi connectivity index (χ3v) is 2.78. The molecule has 0 aliphatic heterocycles. The predicted molar refractivity (Wildman–Crippen MR) is 62.8 cm³/mol. The van der Waals surface area contributed by atoms with Gasteiger partial charge in [0.05, 0.1) is 4.47 Å². The van der Waals surface area contributed by atoms with E-state index in [1.807, 2.05) is 0 Å². The Morgan fingerprint density at radius 3 is 2.43 bits per heavy atom. The maximum atomic E-state index is 13.0. The molecule has 0 aliphatic carbocycles. The molecule has 0 spiro atoms. The Morgan fingerprint density at radius 2 is 1.93 bits per heavy atom. The van der Waals surface area contributed by atoms with E-state index in [9.17, 15) is 4.39 Å². The Hall–Kier alpha value is 0.500. The summed E-state index contributed by atoms with van der Waals surface area (Å²) in [6.45, 7) is 1.78. The highest BCUT2D eigenvalue weighted by Gasteiger charge is 2.21. The van der Waals surface area contributed by atoms with Crippen LogP contribution in [0.4, 0.5) is 4.39 Å². The van der Waals surface area contributed by atoms with Crippen molar-refractivity contribution in [2.45, 2.75) is 17.1 Å². The molecule has 14 heavy (non-hydrogen) atoms. The molecule has 1 aromatic rings. The van der Waals surface area contributed by atoms with Crippen molar-refractivity contribution in [3.8, 4) is 0 Å². The van der Waals surface area contributed by atoms with Gasteiger partial charge >= 0.3 is 0 Å². The summed E-state index contributed by atoms with van der Waals surface area (Å²) in [5.41, 5.74) is 1.59. The van der Waals surface area contributed by atoms with Gasteiger partial charge in [0.1, 0.15) is 5.82 Å². The minimum Gasteiger partial charge on any atom is -0.206 e. The van der Waals surface area contributed by atoms with Gasteiger partial charge in [0.15, 0.2) is 3.79 Å². The van der Waals surface area contributed by atoms with Gasteiger partial charge < -0.3 is 0 Å². The predicted octanol–water partition coefficient (Wildman–Crippen LogP) is 4.81. The second kappa shape index (κ2) is 4.56. The Morgan fingerprint density at radius 1 is 1.36 bits per heavy atom. The van der Waals surface area contributed by atoms with Crippen LogP contribution in [0.3, 0.4) is 0 Å². The van der Waals surface area contributed by atoms with E-state index < -0.39 is 3.79 Å². The summed E-state index contributed by atoms with van der Waals surface area (Å²) in [5.74, 6) is -0.310. The van der Waals surface area contributed by atoms with Crippen molar-refractivity contribution in [1.29, 1.82) is 0 Å². The Kier molecular flexibility index (Phi) is 4.10. The molecule has 0 atom stereocenters. The van der Waals surface area contributed by atoms with Crippen molar-refractivity contribution < 1.29 is 4.39 Å². The van der Waals surface area contributed by atoms with Crippen LogP contribution < -0.4 is 0 Å². The third-order valence-electron chi connectivity index (χ3n) is 1.77. The van der Waals surface area contributed by atoms with E-state index in [1.165, 1.54) is 6.07 Å². The van der Waals surface area contributed by atoms with E-state index in [0.29, 0.717) is 4.47 Å². The van der Waals surface area contributed by atoms with Crippen LogP contribution in [0.25, 0.3) is 0 Å². The van der Waals surface area contributed by atoms with Crippen molar-refractivity contribution >= 4 is 50.7 Å². The molecule has 0 bridgehead atoms. The van der Waals surface area contributed by atoms with Crippen LogP contribution in [0, 0.1) is 12.7 Å². The molecule has 0 heterocycles. The maximum absolute atomic E-state index is 13.0. The number of hydrogen-bond donors (Lipinski definition) is 0. The first-order valence-electron chi connectivity index (χ1n) is 3.81. The molecule has 0 unspecified atom stereocenters. The van der Waals surface area contributed by atoms with Gasteiger partial charge in [-0.3, -0.25) is 0 Å². The lowest BCUT2D eigenvalue weighted by molar-refractivity contribution is 0.618. The van der Waals surface area contributed by atoms with Gasteiger partial charge in [-0.15, -0.1) is 0 Å². The van der Waals surface area contributed by atoms with Crippen molar-refractivity contribution in [2.75, 3.05) is 0 Å². The second-order valence-corrected chi connectivity index (χ2v) is 6.36. The number of alkyl halides is 3. The van der Waals surface area contributed by atoms with Crippen molar-refractivity contribution in [1.82, 2.24) is 0 Å². The molecule has 0 amide bonds. The molecule has 0 fully saturated rings. The van der Waals surface area contributed by atoms with Crippen LogP contribution in [0.5, 0.6) is 0 Å². The van der Waals surface area contributed by atoms with Crippen molar-refractivity contribution in [2.24, 2.45) is 0 Å². The lowest BCUT2D eigenvalue weighted by Gasteiger charge is -2.13. The molecule has 0 aromatic heterocycles. The summed E-state index contributed by atoms with van der Waals surface area (Å²) in [4.78, 5) is 0. The number of hydrogen-bond acceptors (Lipinski definition) is 0. The fourth-order valence-corrected chi connectivity index (χ4v) is 1.92. The quantitative estimate of drug-likeness (QED) is 0.652. The summed E-state index contributed by atoms with van der Waals surface area (Å²) in [6, 6.07) is 3.04. The van der Waals surface area contributed by atoms with E-state index in [2.05, 4.69) is 15.9 Å². The van der Waals surface area contributed by atoms with Crippen LogP contribution >= 0.6 is 50.7 Å². The minimum atomic E-state index is -1.35. The average Bonchev–Trinajstić information content (AvgIpc) is 1.97. The zero-order valence-corrected chi connectivity index (χ0v) is 11.1. The van der Waals surface area contributed by atoms with Crippen LogP contribution in [-0.2, 0) is 6.42 Å². The lowest BCUT2D eigenvalue weighted by atomic mass is 10.1. The van der Waals surface area contributed by atoms with Gasteiger partial charge in [0, 0.05) is 6.42 Å². The van der Waals surface area contributed by atoms with E-state index in [1.54, 1.807) is 13.0 Å². The second-order valence-electron chi connectivity index (χ2n) is 2.98. The van der Waals surface area contributed by atoms with Gasteiger partial charge in [0.2, 0.25) is 0 Å². The minimum absolute atomic E-state index is 0.266. The summed E-state index contributed by atoms with van der Waals surface area (Å²) in [7, 11) is 0. The zero-order chi connectivity index (χ0) is 10.9. The number of aryl methyl sites for hydroxylation is 1. The number of rotatable bonds is 1. The van der Waals surface area contributed by atoms with E-state index in [-0.39, 0.29) is 12.2 Å². The third kappa shape index (κ3) is 3.58. The maximum Gasteiger partial charge on any atom is 0.194 e. The number of benzene rings is 1. The molecular formula is C9H7BrCl3F. The summed E-state index contributed by atoms with van der Waals surface area (Å²) >= 11 is 20.0. The first-order chi connectivity index (χ1) is 6.29. The average molecular weight is 320 g/mol. The van der Waals surface area contributed by atoms with Crippen molar-refractivity contribution in [3.05, 3.63) is 33.5 Å². The SMILES string of the molecule is Cc1cc(F)c(Br)cc1CC(Cl)(Cl)Cl. The normalized spacial score (nSPS) is 11.9. The molecule has 0 aliphatic rings. The van der Waals surface area contributed by atoms with Crippen molar-refractivity contribution in [3.63, 3.8) is 0 Å². The van der Waals surface area contributed by atoms with Crippen LogP contribution in [0.15, 0.2) is 16.6 Å². The monoisotopic (exact) mass is 318 g/mol. The molecular weight excluding hydrogens is 313 g/mol. The molecule has 5 heteroatoms. The van der Waals surface area contributed by atoms with Gasteiger partial charge in [-0.25, -0.2) is 4.39 Å². The van der Waals surface area contributed by atoms with Gasteiger partial charge in [0.25, 0.3) is 0 Å². The van der Waals surface area contributed by atoms with Crippen LogP contribution in [-0.4, -0.2) is 3.79 Å². The van der Waals surface area contributed by atoms with Gasteiger partial charge in [-0.1, -0.05) is 34.8 Å². The summed E-state index contributed by atoms with van der Waals surface area (Å²) < 4.78 is 12.1. The van der Waals surface area contributed by atoms with Crippen LogP contribution in [0.2, 0.25) is 0 Å². The Bertz CT molecular complexity index is 347. The fourth-order valence-electron chi connectivity index (χ4n) is 1.09. The first-order valence-corrected chi connectivity index (χ1v) is 5.73. The molecule has 0 saturated heterocycles. The highest BCUT2D eigenvalue weighted by molar-refractivity contribution is 9.10. The van der Waals surface area contributed by atoms with Gasteiger partial charge in [-0.2, -0.15) is 0 Å².